The maximum Gasteiger partial charge on any atom is 0.164 e. The van der Waals surface area contributed by atoms with Crippen LogP contribution in [-0.2, 0) is 5.41 Å². The molecule has 5 heteroatoms. The number of hydrogen-bond acceptors (Lipinski definition) is 5. The van der Waals surface area contributed by atoms with Crippen LogP contribution in [0.5, 0.6) is 0 Å². The lowest BCUT2D eigenvalue weighted by Crippen LogP contribution is -2.15. The first kappa shape index (κ1) is 28.3. The number of fused-ring (bicyclic) bond motifs is 5. The molecule has 0 saturated carbocycles. The van der Waals surface area contributed by atoms with Crippen molar-refractivity contribution in [3.8, 4) is 56.4 Å². The third-order valence-electron chi connectivity index (χ3n) is 9.21. The lowest BCUT2D eigenvalue weighted by Gasteiger charge is -2.24. The van der Waals surface area contributed by atoms with Crippen molar-refractivity contribution < 1.29 is 0 Å². The number of hydrogen-bond donors (Lipinski definition) is 0. The van der Waals surface area contributed by atoms with Gasteiger partial charge in [-0.15, -0.1) is 0 Å². The molecule has 3 nitrogen and oxygen atoms in total. The molecule has 7 aromatic rings. The van der Waals surface area contributed by atoms with Crippen molar-refractivity contribution in [1.82, 2.24) is 15.0 Å². The largest absolute Gasteiger partial charge is 0.208 e. The molecule has 0 atom stereocenters. The smallest absolute Gasteiger partial charge is 0.164 e. The first-order valence-corrected chi connectivity index (χ1v) is 17.4. The SMILES string of the molecule is CC1(C)c2cc(-c3ccc(-c4nc(-c5ccccc5)nc(-c5ccccc5)n4)cc3)ccc2-c2cc3c(cc21)Sc1ccccc1S3. The van der Waals surface area contributed by atoms with Gasteiger partial charge in [-0.3, -0.25) is 0 Å². The van der Waals surface area contributed by atoms with Gasteiger partial charge in [-0.2, -0.15) is 0 Å². The number of rotatable bonds is 4. The minimum Gasteiger partial charge on any atom is -0.208 e. The number of nitrogens with zero attached hydrogens (tertiary/aromatic N) is 3. The third kappa shape index (κ3) is 4.89. The molecule has 47 heavy (non-hydrogen) atoms. The molecule has 0 radical (unpaired) electrons. The summed E-state index contributed by atoms with van der Waals surface area (Å²) in [5.41, 5.74) is 10.7. The maximum atomic E-state index is 4.91. The normalized spacial score (nSPS) is 13.7. The molecule has 0 amide bonds. The second-order valence-electron chi connectivity index (χ2n) is 12.5. The zero-order valence-corrected chi connectivity index (χ0v) is 27.6. The molecule has 0 bridgehead atoms. The summed E-state index contributed by atoms with van der Waals surface area (Å²) in [7, 11) is 0. The summed E-state index contributed by atoms with van der Waals surface area (Å²) >= 11 is 3.78. The molecule has 2 heterocycles. The van der Waals surface area contributed by atoms with Crippen LogP contribution in [0.4, 0.5) is 0 Å². The summed E-state index contributed by atoms with van der Waals surface area (Å²) in [5, 5.41) is 0. The molecule has 1 aliphatic heterocycles. The average Bonchev–Trinajstić information content (AvgIpc) is 3.35. The molecule has 1 aromatic heterocycles. The van der Waals surface area contributed by atoms with E-state index in [0.717, 1.165) is 16.7 Å². The summed E-state index contributed by atoms with van der Waals surface area (Å²) in [6, 6.07) is 49.4. The van der Waals surface area contributed by atoms with Crippen molar-refractivity contribution in [2.75, 3.05) is 0 Å². The Balaban J connectivity index is 1.07. The quantitative estimate of drug-likeness (QED) is 0.192. The van der Waals surface area contributed by atoms with Crippen molar-refractivity contribution in [2.24, 2.45) is 0 Å². The van der Waals surface area contributed by atoms with E-state index in [4.69, 9.17) is 15.0 Å². The van der Waals surface area contributed by atoms with E-state index in [1.807, 2.05) is 84.2 Å². The topological polar surface area (TPSA) is 38.7 Å². The number of benzene rings is 6. The highest BCUT2D eigenvalue weighted by molar-refractivity contribution is 8.05. The Hall–Kier alpha value is -4.97. The van der Waals surface area contributed by atoms with Gasteiger partial charge in [0.25, 0.3) is 0 Å². The fourth-order valence-electron chi connectivity index (χ4n) is 6.69. The molecule has 9 rings (SSSR count). The van der Waals surface area contributed by atoms with E-state index in [9.17, 15) is 0 Å². The van der Waals surface area contributed by atoms with Crippen LogP contribution in [0.1, 0.15) is 25.0 Å². The van der Waals surface area contributed by atoms with Crippen LogP contribution in [0.25, 0.3) is 56.4 Å². The third-order valence-corrected chi connectivity index (χ3v) is 11.7. The molecule has 224 valence electrons. The van der Waals surface area contributed by atoms with Crippen molar-refractivity contribution in [3.63, 3.8) is 0 Å². The molecule has 6 aromatic carbocycles. The summed E-state index contributed by atoms with van der Waals surface area (Å²) in [4.78, 5) is 20.0. The Morgan fingerprint density at radius 3 is 1.40 bits per heavy atom. The molecular formula is C42H29N3S2. The van der Waals surface area contributed by atoms with Crippen LogP contribution in [-0.4, -0.2) is 15.0 Å². The van der Waals surface area contributed by atoms with Crippen LogP contribution in [0.3, 0.4) is 0 Å². The van der Waals surface area contributed by atoms with Gasteiger partial charge in [0.2, 0.25) is 0 Å². The van der Waals surface area contributed by atoms with Gasteiger partial charge in [0.05, 0.1) is 0 Å². The second-order valence-corrected chi connectivity index (χ2v) is 14.7. The van der Waals surface area contributed by atoms with E-state index in [1.54, 1.807) is 0 Å². The van der Waals surface area contributed by atoms with Gasteiger partial charge in [-0.05, 0) is 63.7 Å². The molecular weight excluding hydrogens is 611 g/mol. The fourth-order valence-corrected chi connectivity index (χ4v) is 8.96. The van der Waals surface area contributed by atoms with Gasteiger partial charge in [-0.25, -0.2) is 15.0 Å². The highest BCUT2D eigenvalue weighted by atomic mass is 32.2. The molecule has 0 unspecified atom stereocenters. The highest BCUT2D eigenvalue weighted by Gasteiger charge is 2.37. The van der Waals surface area contributed by atoms with E-state index in [0.29, 0.717) is 17.5 Å². The van der Waals surface area contributed by atoms with E-state index >= 15 is 0 Å². The average molecular weight is 640 g/mol. The lowest BCUT2D eigenvalue weighted by atomic mass is 9.81. The number of aromatic nitrogens is 3. The van der Waals surface area contributed by atoms with Crippen molar-refractivity contribution >= 4 is 23.5 Å². The summed E-state index contributed by atoms with van der Waals surface area (Å²) < 4.78 is 0. The van der Waals surface area contributed by atoms with Gasteiger partial charge >= 0.3 is 0 Å². The second kappa shape index (κ2) is 11.1. The van der Waals surface area contributed by atoms with Gasteiger partial charge in [-0.1, -0.05) is 147 Å². The molecule has 0 fully saturated rings. The Kier molecular flexibility index (Phi) is 6.66. The highest BCUT2D eigenvalue weighted by Crippen LogP contribution is 2.56. The van der Waals surface area contributed by atoms with Crippen LogP contribution >= 0.6 is 23.5 Å². The standard InChI is InChI=1S/C42H29N3S2/c1-42(2)33-23-30(21-22-31(33)32-24-37-38(25-34(32)42)47-36-16-10-9-15-35(36)46-37)26-17-19-29(20-18-26)41-44-39(27-11-5-3-6-12-27)43-40(45-41)28-13-7-4-8-14-28/h3-25H,1-2H3. The molecule has 1 aliphatic carbocycles. The first-order valence-electron chi connectivity index (χ1n) is 15.8. The first-order chi connectivity index (χ1) is 23.0. The van der Waals surface area contributed by atoms with E-state index in [2.05, 4.69) is 92.7 Å². The molecule has 0 spiro atoms. The monoisotopic (exact) mass is 639 g/mol. The van der Waals surface area contributed by atoms with Gasteiger partial charge in [0.1, 0.15) is 0 Å². The van der Waals surface area contributed by atoms with Crippen LogP contribution < -0.4 is 0 Å². The van der Waals surface area contributed by atoms with Gasteiger partial charge in [0, 0.05) is 41.7 Å². The van der Waals surface area contributed by atoms with Crippen LogP contribution in [0.2, 0.25) is 0 Å². The Labute approximate surface area is 283 Å². The Bertz CT molecular complexity index is 2260. The van der Waals surface area contributed by atoms with Crippen LogP contribution in [0.15, 0.2) is 159 Å². The zero-order valence-electron chi connectivity index (χ0n) is 25.9. The molecule has 0 N–H and O–H groups in total. The molecule has 2 aliphatic rings. The Morgan fingerprint density at radius 2 is 0.830 bits per heavy atom. The minimum atomic E-state index is -0.0929. The molecule has 0 saturated heterocycles. The minimum absolute atomic E-state index is 0.0929. The van der Waals surface area contributed by atoms with Crippen LogP contribution in [0, 0.1) is 0 Å². The van der Waals surface area contributed by atoms with Crippen molar-refractivity contribution in [3.05, 3.63) is 151 Å². The predicted molar refractivity (Wildman–Crippen MR) is 194 cm³/mol. The van der Waals surface area contributed by atoms with Gasteiger partial charge < -0.3 is 0 Å². The van der Waals surface area contributed by atoms with Crippen molar-refractivity contribution in [2.45, 2.75) is 38.8 Å². The van der Waals surface area contributed by atoms with Crippen molar-refractivity contribution in [1.29, 1.82) is 0 Å². The van der Waals surface area contributed by atoms with E-state index < -0.39 is 0 Å². The fraction of sp³-hybridized carbons (Fsp3) is 0.0714. The van der Waals surface area contributed by atoms with Gasteiger partial charge in [0.15, 0.2) is 17.5 Å². The summed E-state index contributed by atoms with van der Waals surface area (Å²) in [5.74, 6) is 2.00. The van der Waals surface area contributed by atoms with E-state index in [-0.39, 0.29) is 5.41 Å². The van der Waals surface area contributed by atoms with E-state index in [1.165, 1.54) is 53.0 Å². The summed E-state index contributed by atoms with van der Waals surface area (Å²) in [6.45, 7) is 4.72. The zero-order chi connectivity index (χ0) is 31.5. The lowest BCUT2D eigenvalue weighted by molar-refractivity contribution is 0.658. The maximum absolute atomic E-state index is 4.91. The Morgan fingerprint density at radius 1 is 0.383 bits per heavy atom. The predicted octanol–water partition coefficient (Wildman–Crippen LogP) is 11.5. The summed E-state index contributed by atoms with van der Waals surface area (Å²) in [6.07, 6.45) is 0.